The minimum Gasteiger partial charge on any atom is -0.124 e. The average Bonchev–Trinajstić information content (AvgIpc) is 3.09. The van der Waals surface area contributed by atoms with Crippen molar-refractivity contribution in [3.63, 3.8) is 0 Å². The highest BCUT2D eigenvalue weighted by Gasteiger charge is 2.26. The first-order valence-corrected chi connectivity index (χ1v) is 26.6. The molecule has 0 saturated heterocycles. The summed E-state index contributed by atoms with van der Waals surface area (Å²) < 4.78 is 0. The number of hydrogen-bond donors (Lipinski definition) is 0. The molecule has 0 aliphatic heterocycles. The molecule has 48 heavy (non-hydrogen) atoms. The molecule has 282 valence electrons. The van der Waals surface area contributed by atoms with Crippen molar-refractivity contribution < 1.29 is 0 Å². The Morgan fingerprint density at radius 1 is 0.208 bits per heavy atom. The zero-order valence-corrected chi connectivity index (χ0v) is 37.6. The molecule has 0 aliphatic carbocycles. The highest BCUT2D eigenvalue weighted by molar-refractivity contribution is 8.06. The van der Waals surface area contributed by atoms with Crippen LogP contribution in [0.15, 0.2) is 29.4 Å². The zero-order valence-electron chi connectivity index (χ0n) is 32.7. The molecule has 0 amide bonds. The number of rotatable bonds is 36. The normalized spacial score (nSPS) is 11.6. The van der Waals surface area contributed by atoms with Gasteiger partial charge in [0.05, 0.1) is 0 Å². The third-order valence-electron chi connectivity index (χ3n) is 8.70. The smallest absolute Gasteiger partial charge is 0.0368 e. The highest BCUT2D eigenvalue weighted by Crippen LogP contribution is 2.54. The molecule has 1 rings (SSSR count). The van der Waals surface area contributed by atoms with Gasteiger partial charge in [0.25, 0.3) is 0 Å². The maximum atomic E-state index is 2.35. The molecule has 0 radical (unpaired) electrons. The zero-order chi connectivity index (χ0) is 34.9. The SMILES string of the molecule is CCCCCCSc1c(SCCCCCC)c(SCCCCCC)c(SCCCCCC)c(SCCCCCC)c1SCCCCCC. The lowest BCUT2D eigenvalue weighted by Gasteiger charge is -2.25. The number of benzene rings is 1. The summed E-state index contributed by atoms with van der Waals surface area (Å²) in [4.78, 5) is 10.1. The van der Waals surface area contributed by atoms with Gasteiger partial charge in [-0.1, -0.05) is 157 Å². The standard InChI is InChI=1S/C42H78S6/c1-7-13-19-25-31-43-37-38(44-32-26-20-14-8-2)40(46-34-28-22-16-10-4)42(48-36-30-24-18-12-6)41(47-35-29-23-17-11-5)39(37)45-33-27-21-15-9-3/h7-36H2,1-6H3. The lowest BCUT2D eigenvalue weighted by molar-refractivity contribution is 0.702. The van der Waals surface area contributed by atoms with Crippen molar-refractivity contribution >= 4 is 70.6 Å². The van der Waals surface area contributed by atoms with E-state index in [1.165, 1.54) is 189 Å². The predicted molar refractivity (Wildman–Crippen MR) is 236 cm³/mol. The molecule has 0 heterocycles. The van der Waals surface area contributed by atoms with E-state index in [1.807, 2.05) is 0 Å². The first-order chi connectivity index (χ1) is 23.7. The third-order valence-corrected chi connectivity index (χ3v) is 16.6. The fraction of sp³-hybridized carbons (Fsp3) is 0.857. The lowest BCUT2D eigenvalue weighted by Crippen LogP contribution is -2.01. The van der Waals surface area contributed by atoms with Crippen LogP contribution >= 0.6 is 70.6 Å². The Hall–Kier alpha value is 1.32. The summed E-state index contributed by atoms with van der Waals surface area (Å²) in [5.41, 5.74) is 0. The molecule has 0 nitrogen and oxygen atoms in total. The van der Waals surface area contributed by atoms with E-state index in [0.29, 0.717) is 0 Å². The van der Waals surface area contributed by atoms with Crippen LogP contribution in [0, 0.1) is 0 Å². The molecule has 0 N–H and O–H groups in total. The molecule has 1 aromatic carbocycles. The Morgan fingerprint density at radius 2 is 0.354 bits per heavy atom. The van der Waals surface area contributed by atoms with E-state index in [1.54, 1.807) is 29.4 Å². The number of hydrogen-bond acceptors (Lipinski definition) is 6. The van der Waals surface area contributed by atoms with Crippen molar-refractivity contribution in [2.75, 3.05) is 34.5 Å². The van der Waals surface area contributed by atoms with E-state index in [0.717, 1.165) is 0 Å². The summed E-state index contributed by atoms with van der Waals surface area (Å²) in [6.45, 7) is 14.1. The van der Waals surface area contributed by atoms with Crippen molar-refractivity contribution in [1.82, 2.24) is 0 Å². The van der Waals surface area contributed by atoms with E-state index < -0.39 is 0 Å². The van der Waals surface area contributed by atoms with Crippen molar-refractivity contribution in [2.24, 2.45) is 0 Å². The van der Waals surface area contributed by atoms with E-state index in [4.69, 9.17) is 0 Å². The van der Waals surface area contributed by atoms with Crippen LogP contribution < -0.4 is 0 Å². The molecule has 0 bridgehead atoms. The molecular weight excluding hydrogens is 697 g/mol. The van der Waals surface area contributed by atoms with Gasteiger partial charge in [-0.15, -0.1) is 70.6 Å². The van der Waals surface area contributed by atoms with Gasteiger partial charge in [-0.25, -0.2) is 0 Å². The molecule has 6 heteroatoms. The second kappa shape index (κ2) is 35.4. The predicted octanol–water partition coefficient (Wildman–Crippen LogP) is 17.7. The van der Waals surface area contributed by atoms with Crippen LogP contribution in [0.1, 0.15) is 196 Å². The average molecular weight is 775 g/mol. The van der Waals surface area contributed by atoms with Crippen molar-refractivity contribution in [1.29, 1.82) is 0 Å². The van der Waals surface area contributed by atoms with Gasteiger partial charge in [-0.05, 0) is 73.0 Å². The first-order valence-electron chi connectivity index (χ1n) is 20.7. The van der Waals surface area contributed by atoms with E-state index >= 15 is 0 Å². The molecule has 0 unspecified atom stereocenters. The second-order valence-electron chi connectivity index (χ2n) is 13.4. The molecule has 0 aliphatic rings. The Labute approximate surface area is 327 Å². The Kier molecular flexibility index (Phi) is 34.9. The van der Waals surface area contributed by atoms with E-state index in [-0.39, 0.29) is 0 Å². The maximum Gasteiger partial charge on any atom is 0.0368 e. The molecule has 0 atom stereocenters. The summed E-state index contributed by atoms with van der Waals surface area (Å²) in [6.07, 6.45) is 32.6. The van der Waals surface area contributed by atoms with Gasteiger partial charge in [0.15, 0.2) is 0 Å². The van der Waals surface area contributed by atoms with Crippen LogP contribution in [0.3, 0.4) is 0 Å². The Balaban J connectivity index is 3.73. The fourth-order valence-electron chi connectivity index (χ4n) is 5.62. The van der Waals surface area contributed by atoms with Gasteiger partial charge < -0.3 is 0 Å². The largest absolute Gasteiger partial charge is 0.124 e. The van der Waals surface area contributed by atoms with Crippen LogP contribution in [0.25, 0.3) is 0 Å². The Bertz CT molecular complexity index is 659. The fourth-order valence-corrected chi connectivity index (χ4v) is 14.2. The third kappa shape index (κ3) is 22.4. The van der Waals surface area contributed by atoms with Crippen LogP contribution in [-0.2, 0) is 0 Å². The summed E-state index contributed by atoms with van der Waals surface area (Å²) in [5, 5.41) is 0. The number of unbranched alkanes of at least 4 members (excludes halogenated alkanes) is 18. The van der Waals surface area contributed by atoms with Gasteiger partial charge >= 0.3 is 0 Å². The first kappa shape index (κ1) is 47.3. The van der Waals surface area contributed by atoms with E-state index in [2.05, 4.69) is 112 Å². The van der Waals surface area contributed by atoms with Crippen molar-refractivity contribution in [2.45, 2.75) is 225 Å². The monoisotopic (exact) mass is 774 g/mol. The highest BCUT2D eigenvalue weighted by atomic mass is 32.2. The minimum absolute atomic E-state index is 1.28. The summed E-state index contributed by atoms with van der Waals surface area (Å²) >= 11 is 13.5. The maximum absolute atomic E-state index is 2.35. The number of thioether (sulfide) groups is 6. The van der Waals surface area contributed by atoms with E-state index in [9.17, 15) is 0 Å². The van der Waals surface area contributed by atoms with Gasteiger partial charge in [-0.2, -0.15) is 0 Å². The molecule has 1 aromatic rings. The van der Waals surface area contributed by atoms with Gasteiger partial charge in [0, 0.05) is 29.4 Å². The van der Waals surface area contributed by atoms with Crippen LogP contribution in [-0.4, -0.2) is 34.5 Å². The summed E-state index contributed by atoms with van der Waals surface area (Å²) in [6, 6.07) is 0. The topological polar surface area (TPSA) is 0 Å². The van der Waals surface area contributed by atoms with Crippen LogP contribution in [0.4, 0.5) is 0 Å². The second-order valence-corrected chi connectivity index (χ2v) is 20.1. The quantitative estimate of drug-likeness (QED) is 0.0488. The summed E-state index contributed by atoms with van der Waals surface area (Å²) in [7, 11) is 0. The van der Waals surface area contributed by atoms with Gasteiger partial charge in [-0.3, -0.25) is 0 Å². The van der Waals surface area contributed by atoms with Gasteiger partial charge in [0.1, 0.15) is 0 Å². The van der Waals surface area contributed by atoms with Crippen molar-refractivity contribution in [3.05, 3.63) is 0 Å². The van der Waals surface area contributed by atoms with Gasteiger partial charge in [0.2, 0.25) is 0 Å². The van der Waals surface area contributed by atoms with Crippen LogP contribution in [0.5, 0.6) is 0 Å². The Morgan fingerprint density at radius 3 is 0.479 bits per heavy atom. The van der Waals surface area contributed by atoms with Crippen LogP contribution in [0.2, 0.25) is 0 Å². The minimum atomic E-state index is 1.28. The molecular formula is C42H78S6. The molecule has 0 aromatic heterocycles. The van der Waals surface area contributed by atoms with Crippen molar-refractivity contribution in [3.8, 4) is 0 Å². The lowest BCUT2D eigenvalue weighted by atomic mass is 10.2. The molecule has 0 fully saturated rings. The molecule has 0 saturated carbocycles. The summed E-state index contributed by atoms with van der Waals surface area (Å²) in [5.74, 6) is 7.65. The molecule has 0 spiro atoms.